The lowest BCUT2D eigenvalue weighted by atomic mass is 9.97. The average Bonchev–Trinajstić information content (AvgIpc) is 3.36. The van der Waals surface area contributed by atoms with E-state index in [1.807, 2.05) is 18.5 Å². The maximum Gasteiger partial charge on any atom is 0.124 e. The van der Waals surface area contributed by atoms with E-state index < -0.39 is 0 Å². The number of benzene rings is 4. The normalized spacial score (nSPS) is 11.5. The first-order chi connectivity index (χ1) is 18.3. The number of nitrogens with zero attached hydrogens (tertiary/aromatic N) is 2. The number of hydrogen-bond acceptors (Lipinski definition) is 3. The molecule has 0 aliphatic heterocycles. The van der Waals surface area contributed by atoms with Crippen LogP contribution in [0.5, 0.6) is 0 Å². The molecule has 4 aromatic carbocycles. The smallest absolute Gasteiger partial charge is 0.124 e. The van der Waals surface area contributed by atoms with E-state index in [1.54, 1.807) is 11.3 Å². The van der Waals surface area contributed by atoms with Gasteiger partial charge in [0.1, 0.15) is 4.83 Å². The number of rotatable bonds is 4. The highest BCUT2D eigenvalue weighted by Crippen LogP contribution is 2.38. The molecule has 0 amide bonds. The SMILES string of the molecule is CCc1ccc(-c2ccc3ccc(-c4ccc(-c5cccc6c5sc5ncccc56)nc4)cc3c2)cc1. The highest BCUT2D eigenvalue weighted by Gasteiger charge is 2.12. The van der Waals surface area contributed by atoms with Gasteiger partial charge in [0.25, 0.3) is 0 Å². The molecule has 37 heavy (non-hydrogen) atoms. The summed E-state index contributed by atoms with van der Waals surface area (Å²) in [6.45, 7) is 2.19. The topological polar surface area (TPSA) is 25.8 Å². The van der Waals surface area contributed by atoms with Gasteiger partial charge in [-0.25, -0.2) is 4.98 Å². The second kappa shape index (κ2) is 8.95. The van der Waals surface area contributed by atoms with E-state index in [0.717, 1.165) is 28.1 Å². The van der Waals surface area contributed by atoms with Gasteiger partial charge in [-0.1, -0.05) is 79.7 Å². The molecule has 0 fully saturated rings. The number of aryl methyl sites for hydroxylation is 1. The largest absolute Gasteiger partial charge is 0.256 e. The summed E-state index contributed by atoms with van der Waals surface area (Å²) < 4.78 is 1.24. The Hall–Kier alpha value is -4.34. The summed E-state index contributed by atoms with van der Waals surface area (Å²) in [5.74, 6) is 0. The Balaban J connectivity index is 1.25. The molecule has 176 valence electrons. The molecular formula is C34H24N2S. The van der Waals surface area contributed by atoms with Crippen LogP contribution in [0, 0.1) is 0 Å². The highest BCUT2D eigenvalue weighted by atomic mass is 32.1. The van der Waals surface area contributed by atoms with Gasteiger partial charge in [0.2, 0.25) is 0 Å². The predicted molar refractivity (Wildman–Crippen MR) is 158 cm³/mol. The summed E-state index contributed by atoms with van der Waals surface area (Å²) in [6, 6.07) is 37.2. The maximum absolute atomic E-state index is 4.89. The molecule has 0 saturated heterocycles. The van der Waals surface area contributed by atoms with Crippen LogP contribution in [-0.4, -0.2) is 9.97 Å². The second-order valence-corrected chi connectivity index (χ2v) is 10.4. The Morgan fingerprint density at radius 3 is 2.11 bits per heavy atom. The van der Waals surface area contributed by atoms with Crippen LogP contribution < -0.4 is 0 Å². The predicted octanol–water partition coefficient (Wildman–Crippen LogP) is 9.56. The van der Waals surface area contributed by atoms with E-state index >= 15 is 0 Å². The zero-order chi connectivity index (χ0) is 24.8. The molecule has 7 aromatic rings. The fraction of sp³-hybridized carbons (Fsp3) is 0.0588. The lowest BCUT2D eigenvalue weighted by molar-refractivity contribution is 1.14. The molecule has 0 atom stereocenters. The first-order valence-electron chi connectivity index (χ1n) is 12.6. The number of aromatic nitrogens is 2. The Kier molecular flexibility index (Phi) is 5.30. The third-order valence-electron chi connectivity index (χ3n) is 7.18. The number of thiophene rings is 1. The van der Waals surface area contributed by atoms with E-state index in [2.05, 4.69) is 109 Å². The number of hydrogen-bond donors (Lipinski definition) is 0. The lowest BCUT2D eigenvalue weighted by Gasteiger charge is -2.09. The molecule has 3 heterocycles. The zero-order valence-corrected chi connectivity index (χ0v) is 21.3. The van der Waals surface area contributed by atoms with Crippen LogP contribution >= 0.6 is 11.3 Å². The van der Waals surface area contributed by atoms with Crippen molar-refractivity contribution in [3.63, 3.8) is 0 Å². The Bertz CT molecular complexity index is 1900. The molecule has 0 unspecified atom stereocenters. The fourth-order valence-corrected chi connectivity index (χ4v) is 6.26. The molecular weight excluding hydrogens is 468 g/mol. The van der Waals surface area contributed by atoms with Crippen LogP contribution in [0.1, 0.15) is 12.5 Å². The van der Waals surface area contributed by atoms with Crippen LogP contribution in [-0.2, 0) is 6.42 Å². The minimum atomic E-state index is 0.986. The number of pyridine rings is 2. The van der Waals surface area contributed by atoms with E-state index in [4.69, 9.17) is 4.98 Å². The van der Waals surface area contributed by atoms with Gasteiger partial charge in [-0.15, -0.1) is 11.3 Å². The third-order valence-corrected chi connectivity index (χ3v) is 8.35. The van der Waals surface area contributed by atoms with Crippen molar-refractivity contribution in [1.82, 2.24) is 9.97 Å². The van der Waals surface area contributed by atoms with Gasteiger partial charge in [0, 0.05) is 39.0 Å². The summed E-state index contributed by atoms with van der Waals surface area (Å²) >= 11 is 1.74. The van der Waals surface area contributed by atoms with Crippen molar-refractivity contribution in [2.75, 3.05) is 0 Å². The summed E-state index contributed by atoms with van der Waals surface area (Å²) in [7, 11) is 0. The van der Waals surface area contributed by atoms with Crippen LogP contribution in [0.2, 0.25) is 0 Å². The van der Waals surface area contributed by atoms with Crippen molar-refractivity contribution in [2.24, 2.45) is 0 Å². The molecule has 0 aliphatic rings. The molecule has 2 nitrogen and oxygen atoms in total. The van der Waals surface area contributed by atoms with E-state index in [9.17, 15) is 0 Å². The summed E-state index contributed by atoms with van der Waals surface area (Å²) in [4.78, 5) is 10.5. The fourth-order valence-electron chi connectivity index (χ4n) is 5.10. The van der Waals surface area contributed by atoms with Gasteiger partial charge < -0.3 is 0 Å². The van der Waals surface area contributed by atoms with Gasteiger partial charge in [0.05, 0.1) is 5.69 Å². The minimum Gasteiger partial charge on any atom is -0.256 e. The molecule has 7 rings (SSSR count). The molecule has 3 aromatic heterocycles. The molecule has 0 aliphatic carbocycles. The quantitative estimate of drug-likeness (QED) is 0.244. The second-order valence-electron chi connectivity index (χ2n) is 9.40. The van der Waals surface area contributed by atoms with E-state index in [-0.39, 0.29) is 0 Å². The Labute approximate surface area is 219 Å². The van der Waals surface area contributed by atoms with Gasteiger partial charge in [0.15, 0.2) is 0 Å². The molecule has 0 saturated carbocycles. The standard InChI is InChI=1S/C34H24N2S/c1-2-22-8-10-23(11-9-22)25-14-12-24-13-15-26(20-28(24)19-25)27-16-17-32(36-21-27)31-6-3-5-29-30-7-4-18-35-34(30)37-33(29)31/h3-21H,2H2,1H3. The van der Waals surface area contributed by atoms with Crippen molar-refractivity contribution in [1.29, 1.82) is 0 Å². The molecule has 0 radical (unpaired) electrons. The van der Waals surface area contributed by atoms with Gasteiger partial charge in [-0.2, -0.15) is 0 Å². The van der Waals surface area contributed by atoms with Crippen molar-refractivity contribution in [3.8, 4) is 33.5 Å². The third kappa shape index (κ3) is 3.89. The Morgan fingerprint density at radius 1 is 0.622 bits per heavy atom. The molecule has 0 bridgehead atoms. The van der Waals surface area contributed by atoms with Crippen molar-refractivity contribution >= 4 is 42.4 Å². The van der Waals surface area contributed by atoms with E-state index in [1.165, 1.54) is 48.5 Å². The molecule has 0 spiro atoms. The van der Waals surface area contributed by atoms with Crippen LogP contribution in [0.25, 0.3) is 64.6 Å². The van der Waals surface area contributed by atoms with Gasteiger partial charge >= 0.3 is 0 Å². The number of fused-ring (bicyclic) bond motifs is 4. The maximum atomic E-state index is 4.89. The van der Waals surface area contributed by atoms with Gasteiger partial charge in [-0.3, -0.25) is 4.98 Å². The first kappa shape index (κ1) is 21.9. The summed E-state index contributed by atoms with van der Waals surface area (Å²) in [5, 5.41) is 4.93. The summed E-state index contributed by atoms with van der Waals surface area (Å²) in [5.41, 5.74) is 8.29. The monoisotopic (exact) mass is 492 g/mol. The van der Waals surface area contributed by atoms with E-state index in [0.29, 0.717) is 0 Å². The van der Waals surface area contributed by atoms with Crippen LogP contribution in [0.3, 0.4) is 0 Å². The van der Waals surface area contributed by atoms with Crippen molar-refractivity contribution in [3.05, 3.63) is 121 Å². The molecule has 3 heteroatoms. The van der Waals surface area contributed by atoms with Crippen LogP contribution in [0.15, 0.2) is 116 Å². The molecule has 0 N–H and O–H groups in total. The zero-order valence-electron chi connectivity index (χ0n) is 20.5. The summed E-state index contributed by atoms with van der Waals surface area (Å²) in [6.07, 6.45) is 4.91. The van der Waals surface area contributed by atoms with Crippen molar-refractivity contribution < 1.29 is 0 Å². The van der Waals surface area contributed by atoms with Gasteiger partial charge in [-0.05, 0) is 69.8 Å². The average molecular weight is 493 g/mol. The Morgan fingerprint density at radius 2 is 1.35 bits per heavy atom. The first-order valence-corrected chi connectivity index (χ1v) is 13.4. The minimum absolute atomic E-state index is 0.986. The lowest BCUT2D eigenvalue weighted by Crippen LogP contribution is -1.86. The highest BCUT2D eigenvalue weighted by molar-refractivity contribution is 7.26. The van der Waals surface area contributed by atoms with Crippen molar-refractivity contribution in [2.45, 2.75) is 13.3 Å². The van der Waals surface area contributed by atoms with Crippen LogP contribution in [0.4, 0.5) is 0 Å².